The largest absolute Gasteiger partial charge is 0.510 e. The first-order valence-electron chi connectivity index (χ1n) is 6.44. The fraction of sp³-hybridized carbons (Fsp3) is 0.615. The van der Waals surface area contributed by atoms with Crippen LogP contribution in [0.25, 0.3) is 0 Å². The van der Waals surface area contributed by atoms with Gasteiger partial charge in [-0.2, -0.15) is 0 Å². The van der Waals surface area contributed by atoms with E-state index < -0.39 is 18.0 Å². The third-order valence-electron chi connectivity index (χ3n) is 2.94. The Balaban J connectivity index is 2.14. The van der Waals surface area contributed by atoms with E-state index in [-0.39, 0.29) is 12.5 Å². The van der Waals surface area contributed by atoms with E-state index in [1.54, 1.807) is 13.8 Å². The van der Waals surface area contributed by atoms with Crippen molar-refractivity contribution in [3.05, 3.63) is 11.6 Å². The van der Waals surface area contributed by atoms with Gasteiger partial charge < -0.3 is 14.3 Å². The molecule has 0 aromatic heterocycles. The fourth-order valence-corrected chi connectivity index (χ4v) is 2.06. The second-order valence-electron chi connectivity index (χ2n) is 5.29. The summed E-state index contributed by atoms with van der Waals surface area (Å²) in [6.07, 6.45) is 0.238. The number of carbonyl (C=O) groups excluding carboxylic acids is 2. The Morgan fingerprint density at radius 1 is 1.60 bits per heavy atom. The first-order chi connectivity index (χ1) is 9.34. The van der Waals surface area contributed by atoms with Crippen LogP contribution in [-0.4, -0.2) is 41.2 Å². The standard InChI is InChI=1S/C13H18N2O5/c1-5-18-12(17)19-11-8(2)6-10(16)15(11)9-7-13(3,4)20-14-9/h6,11H,5,7H2,1-4H3. The maximum atomic E-state index is 12.0. The van der Waals surface area contributed by atoms with Gasteiger partial charge >= 0.3 is 6.16 Å². The van der Waals surface area contributed by atoms with E-state index >= 15 is 0 Å². The summed E-state index contributed by atoms with van der Waals surface area (Å²) in [5.74, 6) is 0.166. The molecule has 1 unspecified atom stereocenters. The lowest BCUT2D eigenvalue weighted by molar-refractivity contribution is -0.126. The van der Waals surface area contributed by atoms with Crippen molar-refractivity contribution < 1.29 is 23.9 Å². The van der Waals surface area contributed by atoms with Crippen molar-refractivity contribution >= 4 is 17.9 Å². The van der Waals surface area contributed by atoms with Gasteiger partial charge in [0.1, 0.15) is 5.60 Å². The molecule has 2 rings (SSSR count). The third-order valence-corrected chi connectivity index (χ3v) is 2.94. The van der Waals surface area contributed by atoms with E-state index in [2.05, 4.69) is 5.16 Å². The van der Waals surface area contributed by atoms with E-state index in [0.29, 0.717) is 17.8 Å². The average molecular weight is 282 g/mol. The van der Waals surface area contributed by atoms with Crippen molar-refractivity contribution in [2.75, 3.05) is 6.61 Å². The number of ether oxygens (including phenoxy) is 2. The van der Waals surface area contributed by atoms with Gasteiger partial charge in [-0.15, -0.1) is 0 Å². The molecular formula is C13H18N2O5. The topological polar surface area (TPSA) is 77.4 Å². The SMILES string of the molecule is CCOC(=O)OC1C(C)=CC(=O)N1C1=NOC(C)(C)C1. The molecule has 2 aliphatic heterocycles. The number of rotatable bonds is 2. The molecule has 1 amide bonds. The minimum Gasteiger partial charge on any atom is -0.435 e. The number of hydrogen-bond acceptors (Lipinski definition) is 6. The van der Waals surface area contributed by atoms with Crippen LogP contribution in [0.4, 0.5) is 4.79 Å². The molecular weight excluding hydrogens is 264 g/mol. The number of hydrogen-bond donors (Lipinski definition) is 0. The second-order valence-corrected chi connectivity index (χ2v) is 5.29. The number of carbonyl (C=O) groups is 2. The summed E-state index contributed by atoms with van der Waals surface area (Å²) in [4.78, 5) is 30.0. The van der Waals surface area contributed by atoms with E-state index in [9.17, 15) is 9.59 Å². The Labute approximate surface area is 117 Å². The van der Waals surface area contributed by atoms with Crippen molar-refractivity contribution in [1.29, 1.82) is 0 Å². The molecule has 0 aromatic carbocycles. The molecule has 110 valence electrons. The van der Waals surface area contributed by atoms with Gasteiger partial charge in [-0.25, -0.2) is 4.79 Å². The van der Waals surface area contributed by atoms with Crippen molar-refractivity contribution in [3.8, 4) is 0 Å². The normalized spacial score (nSPS) is 24.1. The van der Waals surface area contributed by atoms with Gasteiger partial charge in [-0.1, -0.05) is 5.16 Å². The average Bonchev–Trinajstić information content (AvgIpc) is 2.80. The van der Waals surface area contributed by atoms with Gasteiger partial charge in [0.2, 0.25) is 6.23 Å². The van der Waals surface area contributed by atoms with Crippen LogP contribution in [0.3, 0.4) is 0 Å². The van der Waals surface area contributed by atoms with E-state index in [4.69, 9.17) is 14.3 Å². The highest BCUT2D eigenvalue weighted by Gasteiger charge is 2.42. The molecule has 0 N–H and O–H groups in total. The van der Waals surface area contributed by atoms with Crippen molar-refractivity contribution in [1.82, 2.24) is 4.90 Å². The zero-order chi connectivity index (χ0) is 14.9. The van der Waals surface area contributed by atoms with Crippen LogP contribution in [0, 0.1) is 0 Å². The van der Waals surface area contributed by atoms with Crippen molar-refractivity contribution in [3.63, 3.8) is 0 Å². The monoisotopic (exact) mass is 282 g/mol. The smallest absolute Gasteiger partial charge is 0.435 e. The summed E-state index contributed by atoms with van der Waals surface area (Å²) < 4.78 is 9.91. The Hall–Kier alpha value is -2.05. The molecule has 1 atom stereocenters. The van der Waals surface area contributed by atoms with Gasteiger partial charge in [-0.05, 0) is 33.3 Å². The highest BCUT2D eigenvalue weighted by atomic mass is 16.7. The molecule has 0 fully saturated rings. The zero-order valence-electron chi connectivity index (χ0n) is 12.0. The molecule has 0 saturated carbocycles. The maximum absolute atomic E-state index is 12.0. The Morgan fingerprint density at radius 2 is 2.30 bits per heavy atom. The van der Waals surface area contributed by atoms with Gasteiger partial charge in [0.15, 0.2) is 5.84 Å². The van der Waals surface area contributed by atoms with Gasteiger partial charge in [-0.3, -0.25) is 9.69 Å². The number of oxime groups is 1. The summed E-state index contributed by atoms with van der Waals surface area (Å²) in [6.45, 7) is 7.33. The Kier molecular flexibility index (Phi) is 3.69. The highest BCUT2D eigenvalue weighted by Crippen LogP contribution is 2.29. The summed E-state index contributed by atoms with van der Waals surface area (Å²) in [5.41, 5.74) is 0.149. The van der Waals surface area contributed by atoms with Crippen LogP contribution in [0.2, 0.25) is 0 Å². The van der Waals surface area contributed by atoms with Crippen molar-refractivity contribution in [2.45, 2.75) is 45.9 Å². The van der Waals surface area contributed by atoms with Crippen LogP contribution in [0.1, 0.15) is 34.1 Å². The van der Waals surface area contributed by atoms with Gasteiger partial charge in [0, 0.05) is 6.08 Å². The van der Waals surface area contributed by atoms with Gasteiger partial charge in [0.05, 0.1) is 13.0 Å². The molecule has 0 spiro atoms. The lowest BCUT2D eigenvalue weighted by Crippen LogP contribution is -2.43. The lowest BCUT2D eigenvalue weighted by Gasteiger charge is -2.25. The molecule has 0 aliphatic carbocycles. The predicted octanol–water partition coefficient (Wildman–Crippen LogP) is 1.79. The highest BCUT2D eigenvalue weighted by molar-refractivity contribution is 6.06. The number of nitrogens with zero attached hydrogens (tertiary/aromatic N) is 2. The molecule has 7 heteroatoms. The summed E-state index contributed by atoms with van der Waals surface area (Å²) in [6, 6.07) is 0. The molecule has 7 nitrogen and oxygen atoms in total. The molecule has 0 radical (unpaired) electrons. The second kappa shape index (κ2) is 5.15. The minimum atomic E-state index is -0.821. The van der Waals surface area contributed by atoms with E-state index in [0.717, 1.165) is 0 Å². The lowest BCUT2D eigenvalue weighted by atomic mass is 10.1. The molecule has 0 aromatic rings. The predicted molar refractivity (Wildman–Crippen MR) is 69.7 cm³/mol. The summed E-state index contributed by atoms with van der Waals surface area (Å²) >= 11 is 0. The first-order valence-corrected chi connectivity index (χ1v) is 6.44. The summed E-state index contributed by atoms with van der Waals surface area (Å²) in [5, 5.41) is 3.92. The first kappa shape index (κ1) is 14.4. The van der Waals surface area contributed by atoms with Crippen LogP contribution >= 0.6 is 0 Å². The Morgan fingerprint density at radius 3 is 2.85 bits per heavy atom. The number of amidine groups is 1. The van der Waals surface area contributed by atoms with Crippen LogP contribution in [0.15, 0.2) is 16.8 Å². The van der Waals surface area contributed by atoms with E-state index in [1.807, 2.05) is 13.8 Å². The quantitative estimate of drug-likeness (QED) is 0.721. The van der Waals surface area contributed by atoms with E-state index in [1.165, 1.54) is 11.0 Å². The van der Waals surface area contributed by atoms with Crippen LogP contribution in [-0.2, 0) is 19.1 Å². The fourth-order valence-electron chi connectivity index (χ4n) is 2.06. The molecule has 20 heavy (non-hydrogen) atoms. The third kappa shape index (κ3) is 2.76. The number of amides is 1. The van der Waals surface area contributed by atoms with Crippen LogP contribution < -0.4 is 0 Å². The molecule has 0 bridgehead atoms. The van der Waals surface area contributed by atoms with Gasteiger partial charge in [0.25, 0.3) is 5.91 Å². The van der Waals surface area contributed by atoms with Crippen molar-refractivity contribution in [2.24, 2.45) is 5.16 Å². The molecule has 0 saturated heterocycles. The Bertz CT molecular complexity index is 495. The maximum Gasteiger partial charge on any atom is 0.510 e. The minimum absolute atomic E-state index is 0.208. The summed E-state index contributed by atoms with van der Waals surface area (Å²) in [7, 11) is 0. The molecule has 2 aliphatic rings. The zero-order valence-corrected chi connectivity index (χ0v) is 12.0. The van der Waals surface area contributed by atoms with Crippen LogP contribution in [0.5, 0.6) is 0 Å². The molecule has 2 heterocycles.